The number of ether oxygens (including phenoxy) is 3. The first-order valence-corrected chi connectivity index (χ1v) is 11.1. The highest BCUT2D eigenvalue weighted by atomic mass is 19.1. The highest BCUT2D eigenvalue weighted by Crippen LogP contribution is 2.40. The first-order valence-electron chi connectivity index (χ1n) is 11.1. The van der Waals surface area contributed by atoms with E-state index in [9.17, 15) is 20.1 Å². The predicted molar refractivity (Wildman–Crippen MR) is 131 cm³/mol. The lowest BCUT2D eigenvalue weighted by molar-refractivity contribution is -0.147. The lowest BCUT2D eigenvalue weighted by Crippen LogP contribution is -2.31. The average molecular weight is 541 g/mol. The number of aliphatic hydroxyl groups excluding tert-OH is 1. The molecule has 1 unspecified atom stereocenters. The Labute approximate surface area is 219 Å². The minimum absolute atomic E-state index is 0.0452. The molecule has 0 aliphatic heterocycles. The quantitative estimate of drug-likeness (QED) is 0.147. The highest BCUT2D eigenvalue weighted by Gasteiger charge is 2.30. The summed E-state index contributed by atoms with van der Waals surface area (Å²) >= 11 is 0. The molecule has 0 bridgehead atoms. The fourth-order valence-electron chi connectivity index (χ4n) is 3.35. The van der Waals surface area contributed by atoms with E-state index in [1.165, 1.54) is 18.2 Å². The number of aliphatic hydroxyl groups is 1. The topological polar surface area (TPSA) is 186 Å². The van der Waals surface area contributed by atoms with Crippen LogP contribution >= 0.6 is 0 Å². The van der Waals surface area contributed by atoms with Crippen molar-refractivity contribution in [3.63, 3.8) is 0 Å². The molecule has 2 heterocycles. The van der Waals surface area contributed by atoms with Crippen molar-refractivity contribution in [2.75, 3.05) is 6.61 Å². The number of carbonyl (C=O) groups is 1. The van der Waals surface area contributed by atoms with Gasteiger partial charge in [0.25, 0.3) is 11.8 Å². The van der Waals surface area contributed by atoms with E-state index in [0.717, 1.165) is 12.1 Å². The van der Waals surface area contributed by atoms with E-state index in [-0.39, 0.29) is 17.1 Å². The minimum atomic E-state index is -2.04. The zero-order valence-electron chi connectivity index (χ0n) is 20.1. The van der Waals surface area contributed by atoms with Crippen LogP contribution in [0.3, 0.4) is 0 Å². The number of benzene rings is 2. The van der Waals surface area contributed by atoms with E-state index in [2.05, 4.69) is 9.97 Å². The van der Waals surface area contributed by atoms with Gasteiger partial charge in [-0.15, -0.1) is 0 Å². The summed E-state index contributed by atoms with van der Waals surface area (Å²) in [6.07, 6.45) is 1.25. The Kier molecular flexibility index (Phi) is 7.58. The number of aromatic hydroxyl groups is 1. The minimum Gasteiger partial charge on any atom is -0.504 e. The number of nitrogen functional groups attached to an aromatic ring is 1. The van der Waals surface area contributed by atoms with Crippen molar-refractivity contribution in [1.82, 2.24) is 14.5 Å². The molecule has 39 heavy (non-hydrogen) atoms. The zero-order valence-corrected chi connectivity index (χ0v) is 20.1. The van der Waals surface area contributed by atoms with Gasteiger partial charge in [0.15, 0.2) is 11.5 Å². The van der Waals surface area contributed by atoms with Crippen LogP contribution in [0.15, 0.2) is 54.9 Å². The van der Waals surface area contributed by atoms with Crippen molar-refractivity contribution in [3.05, 3.63) is 72.1 Å². The van der Waals surface area contributed by atoms with Crippen LogP contribution in [0.5, 0.6) is 34.8 Å². The molecule has 4 rings (SSSR count). The van der Waals surface area contributed by atoms with Crippen molar-refractivity contribution in [3.8, 4) is 46.1 Å². The largest absolute Gasteiger partial charge is 0.504 e. The number of nitrogens with zero attached hydrogens (tertiary/aromatic N) is 3. The second kappa shape index (κ2) is 11.0. The Morgan fingerprint density at radius 1 is 1.15 bits per heavy atom. The summed E-state index contributed by atoms with van der Waals surface area (Å²) in [6, 6.07) is 9.79. The number of imidazole rings is 1. The molecule has 0 saturated heterocycles. The molecular formula is C25H21F2N5O7. The Balaban J connectivity index is 1.80. The number of aromatic nitrogens is 3. The number of nitrogens with two attached hydrogens (primary N) is 1. The normalized spacial score (nSPS) is 11.6. The number of amidine groups is 1. The molecule has 2 aromatic carbocycles. The molecule has 14 heteroatoms. The standard InChI is InChI=1S/C25H21F2N5O7/c1-32-8-7-30-22(32)13-3-2-4-14(9-13)37-23-18(26)20(38-17(11-33)25(35)36)19(27)24(31-23)39-16-10-12(21(28)29)5-6-15(16)34/h2-10,17,33-34H,11H2,1H3,(H3,28,29)(H,35,36). The average Bonchev–Trinajstić information content (AvgIpc) is 3.33. The number of phenols is 1. The highest BCUT2D eigenvalue weighted by molar-refractivity contribution is 5.95. The van der Waals surface area contributed by atoms with Crippen LogP contribution in [-0.4, -0.2) is 54.4 Å². The van der Waals surface area contributed by atoms with Gasteiger partial charge in [-0.05, 0) is 30.3 Å². The van der Waals surface area contributed by atoms with Crippen LogP contribution in [0.25, 0.3) is 11.4 Å². The summed E-state index contributed by atoms with van der Waals surface area (Å²) in [5.74, 6) is -8.62. The molecule has 0 saturated carbocycles. The Morgan fingerprint density at radius 3 is 2.49 bits per heavy atom. The van der Waals surface area contributed by atoms with E-state index in [1.54, 1.807) is 36.1 Å². The molecule has 2 aromatic heterocycles. The fraction of sp³-hybridized carbons (Fsp3) is 0.120. The van der Waals surface area contributed by atoms with Gasteiger partial charge >= 0.3 is 5.97 Å². The number of hydrogen-bond donors (Lipinski definition) is 5. The van der Waals surface area contributed by atoms with Crippen molar-refractivity contribution in [2.24, 2.45) is 12.8 Å². The van der Waals surface area contributed by atoms with Gasteiger partial charge in [0.1, 0.15) is 17.4 Å². The van der Waals surface area contributed by atoms with Crippen molar-refractivity contribution >= 4 is 11.8 Å². The summed E-state index contributed by atoms with van der Waals surface area (Å²) in [7, 11) is 1.76. The first kappa shape index (κ1) is 26.8. The van der Waals surface area contributed by atoms with Gasteiger partial charge in [-0.2, -0.15) is 13.8 Å². The number of pyridine rings is 1. The Bertz CT molecular complexity index is 1560. The number of rotatable bonds is 10. The van der Waals surface area contributed by atoms with E-state index < -0.39 is 59.3 Å². The molecule has 12 nitrogen and oxygen atoms in total. The number of hydrogen-bond acceptors (Lipinski definition) is 9. The van der Waals surface area contributed by atoms with E-state index in [0.29, 0.717) is 11.4 Å². The van der Waals surface area contributed by atoms with E-state index in [4.69, 9.17) is 25.4 Å². The van der Waals surface area contributed by atoms with E-state index >= 15 is 8.78 Å². The van der Waals surface area contributed by atoms with Crippen LogP contribution in [-0.2, 0) is 11.8 Å². The van der Waals surface area contributed by atoms with Crippen molar-refractivity contribution < 1.29 is 43.1 Å². The lowest BCUT2D eigenvalue weighted by Gasteiger charge is -2.17. The summed E-state index contributed by atoms with van der Waals surface area (Å²) in [5, 5.41) is 36.2. The molecule has 1 atom stereocenters. The van der Waals surface area contributed by atoms with Crippen LogP contribution in [0.4, 0.5) is 8.78 Å². The van der Waals surface area contributed by atoms with Crippen molar-refractivity contribution in [1.29, 1.82) is 5.41 Å². The number of aliphatic carboxylic acids is 1. The van der Waals surface area contributed by atoms with Gasteiger partial charge in [-0.1, -0.05) is 12.1 Å². The maximum Gasteiger partial charge on any atom is 0.347 e. The number of phenolic OH excluding ortho intramolecular Hbond substituents is 1. The van der Waals surface area contributed by atoms with Gasteiger partial charge < -0.3 is 39.8 Å². The third-order valence-corrected chi connectivity index (χ3v) is 5.28. The molecule has 4 aromatic rings. The molecule has 0 radical (unpaired) electrons. The molecule has 0 fully saturated rings. The van der Waals surface area contributed by atoms with Crippen LogP contribution in [0.2, 0.25) is 0 Å². The fourth-order valence-corrected chi connectivity index (χ4v) is 3.35. The SMILES string of the molecule is Cn1ccnc1-c1cccc(Oc2nc(Oc3cc(C(=N)N)ccc3O)c(F)c(OC(CO)C(=O)O)c2F)c1. The number of halogens is 2. The van der Waals surface area contributed by atoms with E-state index in [1.807, 2.05) is 0 Å². The summed E-state index contributed by atoms with van der Waals surface area (Å²) in [5.41, 5.74) is 6.14. The molecule has 6 N–H and O–H groups in total. The van der Waals surface area contributed by atoms with Gasteiger partial charge in [0.2, 0.25) is 23.5 Å². The smallest absolute Gasteiger partial charge is 0.347 e. The molecule has 0 spiro atoms. The lowest BCUT2D eigenvalue weighted by atomic mass is 10.2. The Morgan fingerprint density at radius 2 is 1.87 bits per heavy atom. The first-order chi connectivity index (χ1) is 18.6. The molecule has 202 valence electrons. The maximum absolute atomic E-state index is 15.4. The second-order valence-electron chi connectivity index (χ2n) is 8.00. The maximum atomic E-state index is 15.4. The molecular weight excluding hydrogens is 520 g/mol. The van der Waals surface area contributed by atoms with Crippen LogP contribution in [0.1, 0.15) is 5.56 Å². The van der Waals surface area contributed by atoms with Gasteiger partial charge in [0.05, 0.1) is 6.61 Å². The third kappa shape index (κ3) is 5.70. The van der Waals surface area contributed by atoms with Crippen LogP contribution in [0, 0.1) is 17.0 Å². The molecule has 0 aliphatic rings. The predicted octanol–water partition coefficient (Wildman–Crippen LogP) is 3.16. The second-order valence-corrected chi connectivity index (χ2v) is 8.00. The van der Waals surface area contributed by atoms with Gasteiger partial charge in [0, 0.05) is 30.6 Å². The monoisotopic (exact) mass is 541 g/mol. The number of nitrogens with one attached hydrogen (secondary N) is 1. The summed E-state index contributed by atoms with van der Waals surface area (Å²) in [6.45, 7) is -1.12. The zero-order chi connectivity index (χ0) is 28.3. The molecule has 0 aliphatic carbocycles. The van der Waals surface area contributed by atoms with Gasteiger partial charge in [-0.3, -0.25) is 5.41 Å². The number of carboxylic acids is 1. The summed E-state index contributed by atoms with van der Waals surface area (Å²) in [4.78, 5) is 19.3. The van der Waals surface area contributed by atoms with Crippen molar-refractivity contribution in [2.45, 2.75) is 6.10 Å². The summed E-state index contributed by atoms with van der Waals surface area (Å²) < 4.78 is 48.3. The van der Waals surface area contributed by atoms with Gasteiger partial charge in [-0.25, -0.2) is 9.78 Å². The number of carboxylic acid groups (broad SMARTS) is 1. The third-order valence-electron chi connectivity index (χ3n) is 5.28. The van der Waals surface area contributed by atoms with Crippen LogP contribution < -0.4 is 19.9 Å². The number of aryl methyl sites for hydroxylation is 1. The Hall–Kier alpha value is -5.24. The molecule has 0 amide bonds.